The summed E-state index contributed by atoms with van der Waals surface area (Å²) in [7, 11) is 0. The molecule has 4 rings (SSSR count). The molecular formula is C31H30. The van der Waals surface area contributed by atoms with Crippen molar-refractivity contribution in [3.63, 3.8) is 0 Å². The van der Waals surface area contributed by atoms with Crippen LogP contribution in [0.15, 0.2) is 116 Å². The van der Waals surface area contributed by atoms with Crippen LogP contribution >= 0.6 is 0 Å². The van der Waals surface area contributed by atoms with Crippen LogP contribution in [0.25, 0.3) is 33.4 Å². The van der Waals surface area contributed by atoms with E-state index in [2.05, 4.69) is 117 Å². The third-order valence-electron chi connectivity index (χ3n) is 5.97. The molecule has 0 radical (unpaired) electrons. The van der Waals surface area contributed by atoms with Crippen LogP contribution in [0, 0.1) is 0 Å². The maximum atomic E-state index is 3.96. The third kappa shape index (κ3) is 5.03. The second-order valence-electron chi connectivity index (χ2n) is 8.16. The maximum absolute atomic E-state index is 3.96. The van der Waals surface area contributed by atoms with Crippen molar-refractivity contribution >= 4 is 0 Å². The quantitative estimate of drug-likeness (QED) is 0.258. The lowest BCUT2D eigenvalue weighted by Crippen LogP contribution is -1.97. The molecular weight excluding hydrogens is 372 g/mol. The Morgan fingerprint density at radius 1 is 0.613 bits per heavy atom. The SMILES string of the molecule is C=CCC(CCC)c1cccc(-c2cccc(-c3ccc(-c4ccccc4)cc3)c2)c1. The van der Waals surface area contributed by atoms with Gasteiger partial charge < -0.3 is 0 Å². The van der Waals surface area contributed by atoms with Crippen molar-refractivity contribution in [2.75, 3.05) is 0 Å². The predicted octanol–water partition coefficient (Wildman–Crippen LogP) is 9.15. The van der Waals surface area contributed by atoms with Crippen LogP contribution in [0.2, 0.25) is 0 Å². The van der Waals surface area contributed by atoms with Gasteiger partial charge in [0.25, 0.3) is 0 Å². The molecule has 0 aliphatic heterocycles. The Kier molecular flexibility index (Phi) is 6.79. The van der Waals surface area contributed by atoms with Gasteiger partial charge in [0, 0.05) is 0 Å². The molecule has 4 aromatic carbocycles. The van der Waals surface area contributed by atoms with E-state index >= 15 is 0 Å². The van der Waals surface area contributed by atoms with Crippen LogP contribution in [0.3, 0.4) is 0 Å². The second kappa shape index (κ2) is 10.1. The van der Waals surface area contributed by atoms with Gasteiger partial charge in [0.05, 0.1) is 0 Å². The van der Waals surface area contributed by atoms with E-state index in [1.54, 1.807) is 0 Å². The third-order valence-corrected chi connectivity index (χ3v) is 5.97. The maximum Gasteiger partial charge on any atom is -0.0127 e. The van der Waals surface area contributed by atoms with Gasteiger partial charge in [0.1, 0.15) is 0 Å². The van der Waals surface area contributed by atoms with Gasteiger partial charge in [0.15, 0.2) is 0 Å². The van der Waals surface area contributed by atoms with Crippen LogP contribution in [-0.4, -0.2) is 0 Å². The highest BCUT2D eigenvalue weighted by atomic mass is 14.2. The average Bonchev–Trinajstić information content (AvgIpc) is 2.85. The summed E-state index contributed by atoms with van der Waals surface area (Å²) in [4.78, 5) is 0. The van der Waals surface area contributed by atoms with Crippen molar-refractivity contribution in [2.24, 2.45) is 0 Å². The lowest BCUT2D eigenvalue weighted by Gasteiger charge is -2.16. The van der Waals surface area contributed by atoms with Crippen molar-refractivity contribution in [1.82, 2.24) is 0 Å². The first-order valence-electron chi connectivity index (χ1n) is 11.3. The Labute approximate surface area is 186 Å². The Balaban J connectivity index is 1.62. The zero-order valence-electron chi connectivity index (χ0n) is 18.3. The molecule has 1 atom stereocenters. The summed E-state index contributed by atoms with van der Waals surface area (Å²) in [5.74, 6) is 0.552. The second-order valence-corrected chi connectivity index (χ2v) is 8.16. The van der Waals surface area contributed by atoms with Gasteiger partial charge in [-0.15, -0.1) is 6.58 Å². The smallest absolute Gasteiger partial charge is 0.0127 e. The van der Waals surface area contributed by atoms with Crippen LogP contribution < -0.4 is 0 Å². The Morgan fingerprint density at radius 3 is 1.77 bits per heavy atom. The highest BCUT2D eigenvalue weighted by Gasteiger charge is 2.10. The molecule has 0 amide bonds. The molecule has 0 aliphatic rings. The van der Waals surface area contributed by atoms with Crippen molar-refractivity contribution < 1.29 is 0 Å². The van der Waals surface area contributed by atoms with Gasteiger partial charge in [-0.25, -0.2) is 0 Å². The fourth-order valence-corrected chi connectivity index (χ4v) is 4.31. The van der Waals surface area contributed by atoms with E-state index in [-0.39, 0.29) is 0 Å². The lowest BCUT2D eigenvalue weighted by molar-refractivity contribution is 0.621. The molecule has 0 heterocycles. The molecule has 0 saturated heterocycles. The first kappa shape index (κ1) is 20.9. The Bertz CT molecular complexity index is 1120. The highest BCUT2D eigenvalue weighted by molar-refractivity contribution is 5.75. The van der Waals surface area contributed by atoms with Gasteiger partial charge in [0.2, 0.25) is 0 Å². The average molecular weight is 403 g/mol. The first-order chi connectivity index (χ1) is 15.3. The number of hydrogen-bond acceptors (Lipinski definition) is 0. The molecule has 4 aromatic rings. The summed E-state index contributed by atoms with van der Waals surface area (Å²) in [5.41, 5.74) is 8.95. The predicted molar refractivity (Wildman–Crippen MR) is 135 cm³/mol. The standard InChI is InChI=1S/C31H30/c1-3-10-24(11-4-2)28-14-8-16-30(22-28)31-17-9-15-29(23-31)27-20-18-26(19-21-27)25-12-6-5-7-13-25/h3,5-9,12-24H,1,4,10-11H2,2H3. The molecule has 0 spiro atoms. The molecule has 0 nitrogen and oxygen atoms in total. The van der Waals surface area contributed by atoms with E-state index in [0.29, 0.717) is 5.92 Å². The van der Waals surface area contributed by atoms with Gasteiger partial charge in [-0.05, 0) is 63.8 Å². The molecule has 0 fully saturated rings. The fraction of sp³-hybridized carbons (Fsp3) is 0.161. The summed E-state index contributed by atoms with van der Waals surface area (Å²) in [6.45, 7) is 6.22. The number of hydrogen-bond donors (Lipinski definition) is 0. The molecule has 0 aromatic heterocycles. The summed E-state index contributed by atoms with van der Waals surface area (Å²) in [5, 5.41) is 0. The minimum atomic E-state index is 0.552. The van der Waals surface area contributed by atoms with E-state index in [9.17, 15) is 0 Å². The Morgan fingerprint density at radius 2 is 1.13 bits per heavy atom. The molecule has 0 aliphatic carbocycles. The number of rotatable bonds is 8. The van der Waals surface area contributed by atoms with Crippen molar-refractivity contribution in [3.05, 3.63) is 121 Å². The monoisotopic (exact) mass is 402 g/mol. The van der Waals surface area contributed by atoms with E-state index < -0.39 is 0 Å². The molecule has 154 valence electrons. The minimum absolute atomic E-state index is 0.552. The van der Waals surface area contributed by atoms with E-state index in [1.807, 2.05) is 6.08 Å². The molecule has 0 heteroatoms. The molecule has 0 saturated carbocycles. The summed E-state index contributed by atoms with van der Waals surface area (Å²) < 4.78 is 0. The first-order valence-corrected chi connectivity index (χ1v) is 11.3. The number of allylic oxidation sites excluding steroid dienone is 1. The Hall–Kier alpha value is -3.38. The largest absolute Gasteiger partial charge is 0.103 e. The molecule has 0 N–H and O–H groups in total. The topological polar surface area (TPSA) is 0 Å². The van der Waals surface area contributed by atoms with Gasteiger partial charge in [-0.1, -0.05) is 116 Å². The van der Waals surface area contributed by atoms with Gasteiger partial charge in [-0.2, -0.15) is 0 Å². The normalized spacial score (nSPS) is 11.8. The van der Waals surface area contributed by atoms with Crippen molar-refractivity contribution in [3.8, 4) is 33.4 Å². The highest BCUT2D eigenvalue weighted by Crippen LogP contribution is 2.32. The summed E-state index contributed by atoms with van der Waals surface area (Å²) >= 11 is 0. The van der Waals surface area contributed by atoms with Crippen LogP contribution in [0.1, 0.15) is 37.7 Å². The minimum Gasteiger partial charge on any atom is -0.103 e. The van der Waals surface area contributed by atoms with E-state index in [1.165, 1.54) is 51.8 Å². The van der Waals surface area contributed by atoms with Crippen LogP contribution in [-0.2, 0) is 0 Å². The van der Waals surface area contributed by atoms with Crippen molar-refractivity contribution in [2.45, 2.75) is 32.1 Å². The fourth-order valence-electron chi connectivity index (χ4n) is 4.31. The molecule has 0 bridgehead atoms. The lowest BCUT2D eigenvalue weighted by atomic mass is 9.89. The van der Waals surface area contributed by atoms with E-state index in [0.717, 1.165) is 6.42 Å². The summed E-state index contributed by atoms with van der Waals surface area (Å²) in [6, 6.07) is 37.3. The van der Waals surface area contributed by atoms with Crippen molar-refractivity contribution in [1.29, 1.82) is 0 Å². The van der Waals surface area contributed by atoms with Crippen LogP contribution in [0.5, 0.6) is 0 Å². The molecule has 1 unspecified atom stereocenters. The van der Waals surface area contributed by atoms with Crippen LogP contribution in [0.4, 0.5) is 0 Å². The molecule has 31 heavy (non-hydrogen) atoms. The zero-order chi connectivity index (χ0) is 21.5. The summed E-state index contributed by atoms with van der Waals surface area (Å²) in [6.07, 6.45) is 5.47. The van der Waals surface area contributed by atoms with Gasteiger partial charge >= 0.3 is 0 Å². The van der Waals surface area contributed by atoms with E-state index in [4.69, 9.17) is 0 Å². The zero-order valence-corrected chi connectivity index (χ0v) is 18.3. The number of benzene rings is 4. The van der Waals surface area contributed by atoms with Gasteiger partial charge in [-0.3, -0.25) is 0 Å².